The van der Waals surface area contributed by atoms with E-state index in [1.54, 1.807) is 0 Å². The number of allylic oxidation sites excluding steroid dienone is 3. The van der Waals surface area contributed by atoms with Gasteiger partial charge in [0.1, 0.15) is 0 Å². The number of rotatable bonds is 6. The lowest BCUT2D eigenvalue weighted by atomic mass is 9.96. The SMILES string of the molecule is C=C/C(=C\C)c1ccc2cc(-c3ccc4c(ccc5c6ccc(-c7cccc(-c8ccccc8)c7)cc6n(-c6ccccc6)c45)c3)ccc2c1. The molecular weight excluding hydrogens is 603 g/mol. The van der Waals surface area contributed by atoms with Crippen molar-refractivity contribution in [1.82, 2.24) is 4.57 Å². The molecule has 1 heteroatoms. The van der Waals surface area contributed by atoms with Gasteiger partial charge >= 0.3 is 0 Å². The Morgan fingerprint density at radius 3 is 1.78 bits per heavy atom. The van der Waals surface area contributed by atoms with Gasteiger partial charge in [0, 0.05) is 21.8 Å². The van der Waals surface area contributed by atoms with E-state index < -0.39 is 0 Å². The maximum Gasteiger partial charge on any atom is 0.0619 e. The van der Waals surface area contributed by atoms with E-state index in [1.807, 2.05) is 6.08 Å². The summed E-state index contributed by atoms with van der Waals surface area (Å²) in [7, 11) is 0. The molecule has 0 atom stereocenters. The normalized spacial score (nSPS) is 11.9. The fraction of sp³-hybridized carbons (Fsp3) is 0.0204. The highest BCUT2D eigenvalue weighted by molar-refractivity contribution is 6.19. The number of fused-ring (bicyclic) bond motifs is 6. The van der Waals surface area contributed by atoms with Gasteiger partial charge in [-0.3, -0.25) is 0 Å². The van der Waals surface area contributed by atoms with E-state index in [9.17, 15) is 0 Å². The summed E-state index contributed by atoms with van der Waals surface area (Å²) < 4.78 is 2.45. The molecule has 50 heavy (non-hydrogen) atoms. The van der Waals surface area contributed by atoms with Gasteiger partial charge < -0.3 is 4.57 Å². The summed E-state index contributed by atoms with van der Waals surface area (Å²) in [5, 5.41) is 7.45. The fourth-order valence-electron chi connectivity index (χ4n) is 7.56. The molecule has 0 spiro atoms. The zero-order chi connectivity index (χ0) is 33.6. The zero-order valence-electron chi connectivity index (χ0n) is 28.0. The van der Waals surface area contributed by atoms with Crippen molar-refractivity contribution in [2.24, 2.45) is 0 Å². The number of hydrogen-bond donors (Lipinski definition) is 0. The van der Waals surface area contributed by atoms with Gasteiger partial charge in [0.05, 0.1) is 11.0 Å². The van der Waals surface area contributed by atoms with Crippen molar-refractivity contribution in [3.05, 3.63) is 194 Å². The molecule has 1 aromatic heterocycles. The van der Waals surface area contributed by atoms with Crippen molar-refractivity contribution >= 4 is 48.9 Å². The van der Waals surface area contributed by atoms with Crippen LogP contribution in [0.3, 0.4) is 0 Å². The Bertz CT molecular complexity index is 2760. The third-order valence-electron chi connectivity index (χ3n) is 10.1. The molecule has 236 valence electrons. The van der Waals surface area contributed by atoms with E-state index >= 15 is 0 Å². The first kappa shape index (κ1) is 29.7. The third kappa shape index (κ3) is 5.03. The summed E-state index contributed by atoms with van der Waals surface area (Å²) in [6.45, 7) is 6.04. The minimum Gasteiger partial charge on any atom is -0.309 e. The number of hydrogen-bond acceptors (Lipinski definition) is 0. The lowest BCUT2D eigenvalue weighted by Crippen LogP contribution is -1.94. The van der Waals surface area contributed by atoms with E-state index in [0.717, 1.165) is 11.3 Å². The first-order valence-corrected chi connectivity index (χ1v) is 17.2. The molecule has 0 fully saturated rings. The van der Waals surface area contributed by atoms with Crippen LogP contribution in [-0.2, 0) is 0 Å². The lowest BCUT2D eigenvalue weighted by molar-refractivity contribution is 1.19. The minimum absolute atomic E-state index is 1.15. The molecule has 0 radical (unpaired) electrons. The van der Waals surface area contributed by atoms with Crippen LogP contribution >= 0.6 is 0 Å². The quantitative estimate of drug-likeness (QED) is 0.160. The Labute approximate surface area is 292 Å². The molecule has 8 aromatic carbocycles. The molecule has 0 saturated carbocycles. The molecule has 0 amide bonds. The van der Waals surface area contributed by atoms with Gasteiger partial charge in [0.2, 0.25) is 0 Å². The van der Waals surface area contributed by atoms with Crippen molar-refractivity contribution in [3.63, 3.8) is 0 Å². The van der Waals surface area contributed by atoms with Crippen LogP contribution < -0.4 is 0 Å². The maximum atomic E-state index is 3.98. The van der Waals surface area contributed by atoms with Crippen LogP contribution in [0, 0.1) is 0 Å². The monoisotopic (exact) mass is 637 g/mol. The molecule has 9 aromatic rings. The van der Waals surface area contributed by atoms with Crippen LogP contribution in [-0.4, -0.2) is 4.57 Å². The molecule has 1 heterocycles. The van der Waals surface area contributed by atoms with Crippen LogP contribution in [0.2, 0.25) is 0 Å². The summed E-state index contributed by atoms with van der Waals surface area (Å²) in [6, 6.07) is 62.1. The molecule has 0 aliphatic carbocycles. The maximum absolute atomic E-state index is 3.98. The van der Waals surface area contributed by atoms with Crippen molar-refractivity contribution in [1.29, 1.82) is 0 Å². The van der Waals surface area contributed by atoms with Gasteiger partial charge in [-0.2, -0.15) is 0 Å². The van der Waals surface area contributed by atoms with Gasteiger partial charge in [-0.15, -0.1) is 0 Å². The van der Waals surface area contributed by atoms with Crippen LogP contribution in [0.4, 0.5) is 0 Å². The van der Waals surface area contributed by atoms with E-state index in [2.05, 4.69) is 194 Å². The predicted octanol–water partition coefficient (Wildman–Crippen LogP) is 13.7. The van der Waals surface area contributed by atoms with Gasteiger partial charge in [-0.1, -0.05) is 146 Å². The summed E-state index contributed by atoms with van der Waals surface area (Å²) in [5.74, 6) is 0. The number of aromatic nitrogens is 1. The van der Waals surface area contributed by atoms with Crippen molar-refractivity contribution in [3.8, 4) is 39.1 Å². The largest absolute Gasteiger partial charge is 0.309 e. The molecule has 0 aliphatic heterocycles. The second-order valence-electron chi connectivity index (χ2n) is 13.0. The van der Waals surface area contributed by atoms with Gasteiger partial charge in [-0.25, -0.2) is 0 Å². The minimum atomic E-state index is 1.15. The molecule has 0 N–H and O–H groups in total. The number of nitrogens with zero attached hydrogens (tertiary/aromatic N) is 1. The molecule has 9 rings (SSSR count). The fourth-order valence-corrected chi connectivity index (χ4v) is 7.56. The topological polar surface area (TPSA) is 4.93 Å². The number of benzene rings is 8. The smallest absolute Gasteiger partial charge is 0.0619 e. The van der Waals surface area contributed by atoms with Crippen LogP contribution in [0.1, 0.15) is 12.5 Å². The van der Waals surface area contributed by atoms with Gasteiger partial charge in [0.25, 0.3) is 0 Å². The van der Waals surface area contributed by atoms with E-state index in [1.165, 1.54) is 82.3 Å². The standard InChI is InChI=1S/C49H35N/c1-3-33(4-2)37-18-19-39-30-40(21-20-38(39)29-37)41-22-25-45-43(31-41)24-27-47-46-26-23-42(32-48(46)50(49(45)47)44-16-9-6-10-17-44)36-15-11-14-35(28-36)34-12-7-5-8-13-34/h3-32H,1H2,2H3/b33-4+. The second-order valence-corrected chi connectivity index (χ2v) is 13.0. The zero-order valence-corrected chi connectivity index (χ0v) is 28.0. The van der Waals surface area contributed by atoms with Gasteiger partial charge in [-0.05, 0) is 110 Å². The Morgan fingerprint density at radius 1 is 0.460 bits per heavy atom. The molecule has 0 saturated heterocycles. The van der Waals surface area contributed by atoms with Gasteiger partial charge in [0.15, 0.2) is 0 Å². The van der Waals surface area contributed by atoms with Crippen molar-refractivity contribution in [2.75, 3.05) is 0 Å². The average Bonchev–Trinajstić information content (AvgIpc) is 3.53. The highest BCUT2D eigenvalue weighted by atomic mass is 15.0. The van der Waals surface area contributed by atoms with Crippen LogP contribution in [0.15, 0.2) is 189 Å². The average molecular weight is 638 g/mol. The number of para-hydroxylation sites is 1. The highest BCUT2D eigenvalue weighted by Crippen LogP contribution is 2.40. The molecule has 0 unspecified atom stereocenters. The summed E-state index contributed by atoms with van der Waals surface area (Å²) in [4.78, 5) is 0. The van der Waals surface area contributed by atoms with Crippen LogP contribution in [0.5, 0.6) is 0 Å². The van der Waals surface area contributed by atoms with E-state index in [-0.39, 0.29) is 0 Å². The predicted molar refractivity (Wildman–Crippen MR) is 216 cm³/mol. The second kappa shape index (κ2) is 12.2. The van der Waals surface area contributed by atoms with Crippen molar-refractivity contribution in [2.45, 2.75) is 6.92 Å². The third-order valence-corrected chi connectivity index (χ3v) is 10.1. The summed E-state index contributed by atoms with van der Waals surface area (Å²) in [5.41, 5.74) is 13.2. The van der Waals surface area contributed by atoms with E-state index in [0.29, 0.717) is 0 Å². The van der Waals surface area contributed by atoms with Crippen molar-refractivity contribution < 1.29 is 0 Å². The Balaban J connectivity index is 1.20. The Kier molecular flexibility index (Phi) is 7.25. The molecule has 1 nitrogen and oxygen atoms in total. The Morgan fingerprint density at radius 2 is 1.02 bits per heavy atom. The Hall–Kier alpha value is -6.44. The summed E-state index contributed by atoms with van der Waals surface area (Å²) >= 11 is 0. The molecule has 0 aliphatic rings. The lowest BCUT2D eigenvalue weighted by Gasteiger charge is -2.12. The first-order chi connectivity index (χ1) is 24.7. The van der Waals surface area contributed by atoms with E-state index in [4.69, 9.17) is 0 Å². The highest BCUT2D eigenvalue weighted by Gasteiger charge is 2.17. The van der Waals surface area contributed by atoms with Crippen LogP contribution in [0.25, 0.3) is 88.0 Å². The first-order valence-electron chi connectivity index (χ1n) is 17.2. The molecule has 0 bridgehead atoms. The summed E-state index contributed by atoms with van der Waals surface area (Å²) in [6.07, 6.45) is 4.03. The molecular formula is C49H35N.